The van der Waals surface area contributed by atoms with Gasteiger partial charge in [0.15, 0.2) is 0 Å². The maximum absolute atomic E-state index is 11.4. The van der Waals surface area contributed by atoms with Gasteiger partial charge in [-0.05, 0) is 67.5 Å². The minimum atomic E-state index is -0.410. The fourth-order valence-electron chi connectivity index (χ4n) is 4.02. The number of amides is 1. The van der Waals surface area contributed by atoms with E-state index in [9.17, 15) is 4.79 Å². The number of carbonyl (C=O) groups excluding carboxylic acids is 1. The number of benzene rings is 2. The summed E-state index contributed by atoms with van der Waals surface area (Å²) in [5, 5.41) is 9.14. The van der Waals surface area contributed by atoms with E-state index < -0.39 is 5.41 Å². The molecule has 5 heteroatoms. The Morgan fingerprint density at radius 1 is 0.862 bits per heavy atom. The molecular weight excluding hydrogens is 364 g/mol. The van der Waals surface area contributed by atoms with Gasteiger partial charge in [-0.25, -0.2) is 0 Å². The first-order valence-corrected chi connectivity index (χ1v) is 10.00. The van der Waals surface area contributed by atoms with Crippen LogP contribution in [-0.4, -0.2) is 20.1 Å². The molecule has 1 amide bonds. The zero-order valence-electron chi connectivity index (χ0n) is 17.1. The third kappa shape index (κ3) is 3.93. The molecule has 2 aromatic carbocycles. The molecule has 0 radical (unpaired) electrons. The van der Waals surface area contributed by atoms with Gasteiger partial charge in [-0.3, -0.25) is 4.79 Å². The van der Waals surface area contributed by atoms with Crippen molar-refractivity contribution in [3.63, 3.8) is 0 Å². The van der Waals surface area contributed by atoms with Crippen molar-refractivity contribution in [1.29, 1.82) is 5.26 Å². The highest BCUT2D eigenvalue weighted by atomic mass is 16.5. The SMILES string of the molecule is COc1ccc(C2(C#N)CCC2)cc1.COc1ccc(C2(C(N)=O)CCC2)cc1. The van der Waals surface area contributed by atoms with Crippen LogP contribution in [0.4, 0.5) is 0 Å². The quantitative estimate of drug-likeness (QED) is 0.824. The summed E-state index contributed by atoms with van der Waals surface area (Å²) in [6, 6.07) is 17.9. The second-order valence-electron chi connectivity index (χ2n) is 7.80. The van der Waals surface area contributed by atoms with Crippen molar-refractivity contribution in [2.45, 2.75) is 49.4 Å². The molecule has 0 unspecified atom stereocenters. The van der Waals surface area contributed by atoms with Gasteiger partial charge in [0.2, 0.25) is 5.91 Å². The van der Waals surface area contributed by atoms with Crippen molar-refractivity contribution in [3.05, 3.63) is 59.7 Å². The van der Waals surface area contributed by atoms with Crippen molar-refractivity contribution in [1.82, 2.24) is 0 Å². The lowest BCUT2D eigenvalue weighted by atomic mass is 9.64. The summed E-state index contributed by atoms with van der Waals surface area (Å²) in [6.45, 7) is 0. The number of nitriles is 1. The molecule has 0 aromatic heterocycles. The molecule has 2 N–H and O–H groups in total. The molecule has 2 aliphatic rings. The molecule has 2 aromatic rings. The van der Waals surface area contributed by atoms with Crippen LogP contribution in [-0.2, 0) is 15.6 Å². The zero-order chi connectivity index (χ0) is 20.9. The summed E-state index contributed by atoms with van der Waals surface area (Å²) in [4.78, 5) is 11.4. The largest absolute Gasteiger partial charge is 0.497 e. The number of primary amides is 1. The Labute approximate surface area is 172 Å². The first-order valence-electron chi connectivity index (χ1n) is 10.00. The second-order valence-corrected chi connectivity index (χ2v) is 7.80. The van der Waals surface area contributed by atoms with Gasteiger partial charge in [-0.15, -0.1) is 0 Å². The number of nitrogens with two attached hydrogens (primary N) is 1. The number of hydrogen-bond acceptors (Lipinski definition) is 4. The molecule has 0 aliphatic heterocycles. The van der Waals surface area contributed by atoms with Crippen molar-refractivity contribution in [2.24, 2.45) is 5.73 Å². The number of carbonyl (C=O) groups is 1. The third-order valence-corrected chi connectivity index (χ3v) is 6.39. The van der Waals surface area contributed by atoms with Crippen LogP contribution in [0.15, 0.2) is 48.5 Å². The highest BCUT2D eigenvalue weighted by molar-refractivity contribution is 5.87. The number of nitrogens with zero attached hydrogens (tertiary/aromatic N) is 1. The van der Waals surface area contributed by atoms with E-state index in [4.69, 9.17) is 20.5 Å². The van der Waals surface area contributed by atoms with Gasteiger partial charge in [0.25, 0.3) is 0 Å². The number of rotatable bonds is 5. The normalized spacial score (nSPS) is 18.0. The second kappa shape index (κ2) is 8.57. The van der Waals surface area contributed by atoms with E-state index in [-0.39, 0.29) is 11.3 Å². The minimum absolute atomic E-state index is 0.202. The molecule has 152 valence electrons. The number of hydrogen-bond donors (Lipinski definition) is 1. The van der Waals surface area contributed by atoms with E-state index >= 15 is 0 Å². The Morgan fingerprint density at radius 2 is 1.31 bits per heavy atom. The van der Waals surface area contributed by atoms with Crippen molar-refractivity contribution in [3.8, 4) is 17.6 Å². The molecule has 0 heterocycles. The van der Waals surface area contributed by atoms with E-state index in [1.165, 1.54) is 6.42 Å². The first kappa shape index (κ1) is 20.7. The highest BCUT2D eigenvalue weighted by Gasteiger charge is 2.44. The molecule has 0 bridgehead atoms. The van der Waals surface area contributed by atoms with Gasteiger partial charge in [0.05, 0.1) is 31.1 Å². The van der Waals surface area contributed by atoms with Gasteiger partial charge < -0.3 is 15.2 Å². The van der Waals surface area contributed by atoms with Gasteiger partial charge >= 0.3 is 0 Å². The van der Waals surface area contributed by atoms with E-state index in [1.807, 2.05) is 48.5 Å². The molecule has 5 nitrogen and oxygen atoms in total. The summed E-state index contributed by atoms with van der Waals surface area (Å²) in [5.41, 5.74) is 7.00. The highest BCUT2D eigenvalue weighted by Crippen LogP contribution is 2.44. The predicted molar refractivity (Wildman–Crippen MR) is 112 cm³/mol. The first-order chi connectivity index (χ1) is 14.0. The van der Waals surface area contributed by atoms with Crippen LogP contribution in [0.1, 0.15) is 49.7 Å². The molecule has 2 saturated carbocycles. The Bertz CT molecular complexity index is 874. The van der Waals surface area contributed by atoms with Gasteiger partial charge in [0, 0.05) is 0 Å². The van der Waals surface area contributed by atoms with Crippen LogP contribution < -0.4 is 15.2 Å². The van der Waals surface area contributed by atoms with E-state index in [0.717, 1.165) is 54.7 Å². The van der Waals surface area contributed by atoms with Gasteiger partial charge in [-0.2, -0.15) is 5.26 Å². The van der Waals surface area contributed by atoms with Gasteiger partial charge in [0.1, 0.15) is 11.5 Å². The van der Waals surface area contributed by atoms with Crippen LogP contribution in [0.2, 0.25) is 0 Å². The Kier molecular flexibility index (Phi) is 6.12. The number of methoxy groups -OCH3 is 2. The molecule has 4 rings (SSSR count). The van der Waals surface area contributed by atoms with Crippen LogP contribution in [0.3, 0.4) is 0 Å². The lowest BCUT2D eigenvalue weighted by Crippen LogP contribution is -2.46. The summed E-state index contributed by atoms with van der Waals surface area (Å²) in [5.74, 6) is 1.44. The van der Waals surface area contributed by atoms with E-state index in [2.05, 4.69) is 6.07 Å². The molecule has 2 fully saturated rings. The summed E-state index contributed by atoms with van der Waals surface area (Å²) >= 11 is 0. The topological polar surface area (TPSA) is 85.3 Å². The third-order valence-electron chi connectivity index (χ3n) is 6.39. The lowest BCUT2D eigenvalue weighted by Gasteiger charge is -2.39. The van der Waals surface area contributed by atoms with E-state index in [0.29, 0.717) is 0 Å². The van der Waals surface area contributed by atoms with Crippen molar-refractivity contribution in [2.75, 3.05) is 14.2 Å². The summed E-state index contributed by atoms with van der Waals surface area (Å²) in [6.07, 6.45) is 5.98. The van der Waals surface area contributed by atoms with E-state index in [1.54, 1.807) is 14.2 Å². The van der Waals surface area contributed by atoms with Crippen molar-refractivity contribution < 1.29 is 14.3 Å². The lowest BCUT2D eigenvalue weighted by molar-refractivity contribution is -0.126. The molecule has 0 atom stereocenters. The van der Waals surface area contributed by atoms with Gasteiger partial charge in [-0.1, -0.05) is 30.7 Å². The predicted octanol–water partition coefficient (Wildman–Crippen LogP) is 4.24. The minimum Gasteiger partial charge on any atom is -0.497 e. The average Bonchev–Trinajstić information content (AvgIpc) is 2.68. The average molecular weight is 392 g/mol. The smallest absolute Gasteiger partial charge is 0.228 e. The summed E-state index contributed by atoms with van der Waals surface area (Å²) in [7, 11) is 3.28. The molecule has 0 spiro atoms. The fraction of sp³-hybridized carbons (Fsp3) is 0.417. The molecular formula is C24H28N2O3. The monoisotopic (exact) mass is 392 g/mol. The standard InChI is InChI=1S/C12H15NO2.C12H13NO/c1-15-10-5-3-9(4-6-10)12(11(13)14)7-2-8-12;1-14-11-5-3-10(4-6-11)12(9-13)7-2-8-12/h3-6H,2,7-8H2,1H3,(H2,13,14);3-6H,2,7-8H2,1H3. The maximum Gasteiger partial charge on any atom is 0.228 e. The molecule has 29 heavy (non-hydrogen) atoms. The van der Waals surface area contributed by atoms with Crippen LogP contribution in [0.5, 0.6) is 11.5 Å². The van der Waals surface area contributed by atoms with Crippen LogP contribution in [0, 0.1) is 11.3 Å². The Balaban J connectivity index is 0.000000166. The fourth-order valence-corrected chi connectivity index (χ4v) is 4.02. The molecule has 2 aliphatic carbocycles. The maximum atomic E-state index is 11.4. The molecule has 0 saturated heterocycles. The van der Waals surface area contributed by atoms with Crippen molar-refractivity contribution >= 4 is 5.91 Å². The number of ether oxygens (including phenoxy) is 2. The Hall–Kier alpha value is -3.00. The zero-order valence-corrected chi connectivity index (χ0v) is 17.1. The van der Waals surface area contributed by atoms with Crippen LogP contribution in [0.25, 0.3) is 0 Å². The summed E-state index contributed by atoms with van der Waals surface area (Å²) < 4.78 is 10.2. The Morgan fingerprint density at radius 3 is 1.59 bits per heavy atom. The van der Waals surface area contributed by atoms with Crippen LogP contribution >= 0.6 is 0 Å².